The number of nitrogens with one attached hydrogen (secondary N) is 1. The number of halogens is 6. The van der Waals surface area contributed by atoms with Crippen molar-refractivity contribution in [2.75, 3.05) is 32.4 Å². The highest BCUT2D eigenvalue weighted by Crippen LogP contribution is 2.27. The van der Waals surface area contributed by atoms with E-state index < -0.39 is 35.7 Å². The van der Waals surface area contributed by atoms with E-state index in [1.165, 1.54) is 6.20 Å². The number of nitrogens with two attached hydrogens (primary N) is 1. The molecule has 6 N–H and O–H groups in total. The number of alkyl halides is 6. The van der Waals surface area contributed by atoms with Crippen molar-refractivity contribution in [3.05, 3.63) is 39.7 Å². The largest absolute Gasteiger partial charge is 0.490 e. The number of aromatic amines is 1. The van der Waals surface area contributed by atoms with Crippen LogP contribution in [0.5, 0.6) is 0 Å². The molecule has 0 aliphatic heterocycles. The number of thioether (sulfide) groups is 1. The highest BCUT2D eigenvalue weighted by molar-refractivity contribution is 7.99. The number of rotatable bonds is 8. The Labute approximate surface area is 215 Å². The Bertz CT molecular complexity index is 1140. The Morgan fingerprint density at radius 1 is 1.00 bits per heavy atom. The lowest BCUT2D eigenvalue weighted by molar-refractivity contribution is -0.193. The number of H-pyrrole nitrogens is 1. The van der Waals surface area contributed by atoms with E-state index in [2.05, 4.69) is 16.8 Å². The molecule has 0 atom stereocenters. The second-order valence-corrected chi connectivity index (χ2v) is 8.38. The molecule has 2 rings (SSSR count). The number of aryl methyl sites for hydroxylation is 1. The lowest BCUT2D eigenvalue weighted by atomic mass is 10.1. The van der Waals surface area contributed by atoms with Crippen molar-refractivity contribution in [2.24, 2.45) is 5.73 Å². The predicted octanol–water partition coefficient (Wildman–Crippen LogP) is 3.04. The van der Waals surface area contributed by atoms with E-state index in [0.29, 0.717) is 17.4 Å². The zero-order valence-electron chi connectivity index (χ0n) is 19.9. The number of aromatic nitrogens is 1. The third-order valence-electron chi connectivity index (χ3n) is 4.40. The average molecular weight is 578 g/mol. The fourth-order valence-electron chi connectivity index (χ4n) is 2.51. The predicted molar refractivity (Wildman–Crippen MR) is 126 cm³/mol. The van der Waals surface area contributed by atoms with Gasteiger partial charge in [0.15, 0.2) is 0 Å². The lowest BCUT2D eigenvalue weighted by Crippen LogP contribution is -2.27. The van der Waals surface area contributed by atoms with Gasteiger partial charge in [-0.2, -0.15) is 26.3 Å². The van der Waals surface area contributed by atoms with Crippen LogP contribution in [-0.2, 0) is 16.0 Å². The molecule has 10 nitrogen and oxygen atoms in total. The molecule has 0 fully saturated rings. The van der Waals surface area contributed by atoms with E-state index >= 15 is 0 Å². The molecule has 2 aromatic rings. The number of aromatic carboxylic acids is 1. The highest BCUT2D eigenvalue weighted by atomic mass is 32.2. The van der Waals surface area contributed by atoms with Crippen molar-refractivity contribution in [2.45, 2.75) is 30.6 Å². The second kappa shape index (κ2) is 15.2. The maximum Gasteiger partial charge on any atom is 0.490 e. The van der Waals surface area contributed by atoms with Crippen molar-refractivity contribution in [1.29, 1.82) is 0 Å². The quantitative estimate of drug-likeness (QED) is 0.232. The molecule has 17 heteroatoms. The third kappa shape index (κ3) is 11.8. The van der Waals surface area contributed by atoms with Crippen LogP contribution in [0, 0.1) is 0 Å². The van der Waals surface area contributed by atoms with Crippen LogP contribution in [0.3, 0.4) is 0 Å². The molecule has 38 heavy (non-hydrogen) atoms. The molecule has 0 amide bonds. The first kappa shape index (κ1) is 34.7. The van der Waals surface area contributed by atoms with Gasteiger partial charge in [0, 0.05) is 47.4 Å². The molecule has 0 unspecified atom stereocenters. The Kier molecular flexibility index (Phi) is 13.9. The minimum absolute atomic E-state index is 0.231. The molecule has 0 aliphatic carbocycles. The number of pyridine rings is 1. The zero-order chi connectivity index (χ0) is 29.8. The molecule has 0 aliphatic rings. The van der Waals surface area contributed by atoms with Crippen LogP contribution in [0.2, 0.25) is 0 Å². The summed E-state index contributed by atoms with van der Waals surface area (Å²) in [6, 6.07) is 3.75. The van der Waals surface area contributed by atoms with Crippen molar-refractivity contribution in [3.8, 4) is 0 Å². The number of benzene rings is 1. The Morgan fingerprint density at radius 2 is 1.50 bits per heavy atom. The monoisotopic (exact) mass is 577 g/mol. The topological polar surface area (TPSA) is 174 Å². The van der Waals surface area contributed by atoms with Gasteiger partial charge < -0.3 is 30.9 Å². The summed E-state index contributed by atoms with van der Waals surface area (Å²) in [5.41, 5.74) is 6.68. The summed E-state index contributed by atoms with van der Waals surface area (Å²) in [5.74, 6) is -5.85. The first-order valence-electron chi connectivity index (χ1n) is 10.4. The van der Waals surface area contributed by atoms with Crippen LogP contribution in [0.15, 0.2) is 28.0 Å². The van der Waals surface area contributed by atoms with E-state index in [-0.39, 0.29) is 5.56 Å². The smallest absolute Gasteiger partial charge is 0.477 e. The number of carbonyl (C=O) groups is 3. The van der Waals surface area contributed by atoms with Crippen molar-refractivity contribution in [1.82, 2.24) is 9.88 Å². The highest BCUT2D eigenvalue weighted by Gasteiger charge is 2.38. The molecular formula is C21H25F6N3O7S. The van der Waals surface area contributed by atoms with E-state index in [9.17, 15) is 35.9 Å². The van der Waals surface area contributed by atoms with Crippen LogP contribution in [0.1, 0.15) is 22.8 Å². The fourth-order valence-corrected chi connectivity index (χ4v) is 3.72. The lowest BCUT2D eigenvalue weighted by Gasteiger charge is -2.16. The maximum atomic E-state index is 12.4. The van der Waals surface area contributed by atoms with Gasteiger partial charge in [-0.15, -0.1) is 11.8 Å². The standard InChI is InChI=1S/C17H23N3O3S.2C2HF3O2/c1-3-11-8-14-12(16(21)13(10-19-14)17(22)23)9-15(11)24-7-6-20(2)5-4-18;2*3-2(4,5)1(6)7/h8-10H,3-7,18H2,1-2H3,(H,19,21)(H,22,23);2*(H,6,7). The minimum atomic E-state index is -5.08. The summed E-state index contributed by atoms with van der Waals surface area (Å²) in [7, 11) is 2.03. The van der Waals surface area contributed by atoms with Crippen molar-refractivity contribution >= 4 is 40.6 Å². The molecular weight excluding hydrogens is 552 g/mol. The van der Waals surface area contributed by atoms with Gasteiger partial charge in [-0.25, -0.2) is 14.4 Å². The number of aliphatic carboxylic acids is 2. The summed E-state index contributed by atoms with van der Waals surface area (Å²) < 4.78 is 63.5. The van der Waals surface area contributed by atoms with Crippen LogP contribution >= 0.6 is 11.8 Å². The first-order valence-corrected chi connectivity index (χ1v) is 11.4. The molecule has 1 aromatic carbocycles. The molecule has 0 radical (unpaired) electrons. The molecule has 1 aromatic heterocycles. The van der Waals surface area contributed by atoms with Gasteiger partial charge in [-0.05, 0) is 31.2 Å². The number of carboxylic acids is 3. The van der Waals surface area contributed by atoms with E-state index in [1.54, 1.807) is 11.8 Å². The van der Waals surface area contributed by atoms with Crippen LogP contribution in [-0.4, -0.2) is 87.9 Å². The van der Waals surface area contributed by atoms with Gasteiger partial charge in [-0.1, -0.05) is 6.92 Å². The van der Waals surface area contributed by atoms with Gasteiger partial charge in [0.05, 0.1) is 0 Å². The number of fused-ring (bicyclic) bond motifs is 1. The summed E-state index contributed by atoms with van der Waals surface area (Å²) in [5, 5.41) is 23.8. The molecule has 0 saturated carbocycles. The summed E-state index contributed by atoms with van der Waals surface area (Å²) in [4.78, 5) is 47.4. The van der Waals surface area contributed by atoms with Crippen LogP contribution in [0.25, 0.3) is 10.9 Å². The van der Waals surface area contributed by atoms with Gasteiger partial charge in [0.25, 0.3) is 0 Å². The second-order valence-electron chi connectivity index (χ2n) is 7.24. The molecule has 0 spiro atoms. The summed E-state index contributed by atoms with van der Waals surface area (Å²) >= 11 is 1.68. The van der Waals surface area contributed by atoms with Crippen LogP contribution < -0.4 is 11.2 Å². The molecule has 0 bridgehead atoms. The molecule has 214 valence electrons. The van der Waals surface area contributed by atoms with Crippen molar-refractivity contribution in [3.63, 3.8) is 0 Å². The first-order chi connectivity index (χ1) is 17.4. The molecule has 0 saturated heterocycles. The summed E-state index contributed by atoms with van der Waals surface area (Å²) in [6.45, 7) is 4.44. The number of hydrogen-bond donors (Lipinski definition) is 5. The minimum Gasteiger partial charge on any atom is -0.477 e. The average Bonchev–Trinajstić information content (AvgIpc) is 2.78. The van der Waals surface area contributed by atoms with Gasteiger partial charge >= 0.3 is 30.3 Å². The number of nitrogens with zero attached hydrogens (tertiary/aromatic N) is 1. The van der Waals surface area contributed by atoms with E-state index in [0.717, 1.165) is 35.7 Å². The number of carboxylic acid groups (broad SMARTS) is 3. The Hall–Kier alpha value is -3.31. The van der Waals surface area contributed by atoms with Crippen molar-refractivity contribution < 1.29 is 56.0 Å². The van der Waals surface area contributed by atoms with Gasteiger partial charge in [0.2, 0.25) is 5.43 Å². The van der Waals surface area contributed by atoms with E-state index in [1.807, 2.05) is 19.2 Å². The number of likely N-dealkylation sites (N-methyl/N-ethyl adjacent to an activating group) is 1. The number of hydrogen-bond acceptors (Lipinski definition) is 7. The normalized spacial score (nSPS) is 11.3. The zero-order valence-corrected chi connectivity index (χ0v) is 20.8. The SMILES string of the molecule is CCc1cc2[nH]cc(C(=O)O)c(=O)c2cc1SCCN(C)CCN.O=C(O)C(F)(F)F.O=C(O)C(F)(F)F. The summed E-state index contributed by atoms with van der Waals surface area (Å²) in [6.07, 6.45) is -8.05. The molecule has 1 heterocycles. The Morgan fingerprint density at radius 3 is 1.89 bits per heavy atom. The van der Waals surface area contributed by atoms with E-state index in [4.69, 9.17) is 30.6 Å². The van der Waals surface area contributed by atoms with Gasteiger partial charge in [-0.3, -0.25) is 4.79 Å². The maximum absolute atomic E-state index is 12.4. The van der Waals surface area contributed by atoms with Gasteiger partial charge in [0.1, 0.15) is 5.56 Å². The fraction of sp³-hybridized carbons (Fsp3) is 0.429. The Balaban J connectivity index is 0.000000804. The third-order valence-corrected chi connectivity index (χ3v) is 5.48. The van der Waals surface area contributed by atoms with Crippen LogP contribution in [0.4, 0.5) is 26.3 Å².